The fourth-order valence-electron chi connectivity index (χ4n) is 3.69. The van der Waals surface area contributed by atoms with Gasteiger partial charge in [-0.1, -0.05) is 30.3 Å². The Bertz CT molecular complexity index is 618. The fraction of sp³-hybridized carbons (Fsp3) is 0.600. The Morgan fingerprint density at radius 1 is 1.19 bits per heavy atom. The van der Waals surface area contributed by atoms with Gasteiger partial charge in [-0.3, -0.25) is 9.79 Å². The van der Waals surface area contributed by atoms with Gasteiger partial charge < -0.3 is 19.9 Å². The predicted octanol–water partition coefficient (Wildman–Crippen LogP) is 2.51. The van der Waals surface area contributed by atoms with Crippen LogP contribution in [0.5, 0.6) is 0 Å². The van der Waals surface area contributed by atoms with Crippen molar-refractivity contribution in [3.63, 3.8) is 0 Å². The first kappa shape index (κ1) is 21.9. The molecule has 1 amide bonds. The molecule has 2 atom stereocenters. The molecule has 1 N–H and O–H groups in total. The summed E-state index contributed by atoms with van der Waals surface area (Å²) in [4.78, 5) is 20.6. The summed E-state index contributed by atoms with van der Waals surface area (Å²) >= 11 is 0. The number of nitrogens with zero attached hydrogens (tertiary/aromatic N) is 3. The van der Waals surface area contributed by atoms with Crippen LogP contribution in [0, 0.1) is 5.92 Å². The van der Waals surface area contributed by atoms with Crippen LogP contribution < -0.4 is 5.32 Å². The molecule has 150 valence electrons. The number of guanidine groups is 1. The summed E-state index contributed by atoms with van der Waals surface area (Å²) in [5.41, 5.74) is 1.24. The molecule has 2 aliphatic heterocycles. The van der Waals surface area contributed by atoms with Crippen molar-refractivity contribution in [2.75, 3.05) is 45.9 Å². The predicted molar refractivity (Wildman–Crippen MR) is 118 cm³/mol. The maximum Gasteiger partial charge on any atom is 0.219 e. The summed E-state index contributed by atoms with van der Waals surface area (Å²) in [5.74, 6) is 1.51. The largest absolute Gasteiger partial charge is 0.373 e. The van der Waals surface area contributed by atoms with Crippen LogP contribution in [-0.4, -0.2) is 67.5 Å². The van der Waals surface area contributed by atoms with E-state index in [1.807, 2.05) is 11.0 Å². The first-order valence-corrected chi connectivity index (χ1v) is 9.64. The lowest BCUT2D eigenvalue weighted by Gasteiger charge is -2.36. The van der Waals surface area contributed by atoms with Crippen molar-refractivity contribution in [3.8, 4) is 0 Å². The Balaban J connectivity index is 0.00000261. The molecule has 0 bridgehead atoms. The van der Waals surface area contributed by atoms with Gasteiger partial charge in [0.25, 0.3) is 0 Å². The molecule has 6 nitrogen and oxygen atoms in total. The number of hydrogen-bond donors (Lipinski definition) is 1. The van der Waals surface area contributed by atoms with E-state index in [9.17, 15) is 4.79 Å². The monoisotopic (exact) mass is 486 g/mol. The number of aliphatic imine (C=N–C) groups is 1. The number of rotatable bonds is 4. The summed E-state index contributed by atoms with van der Waals surface area (Å²) in [5, 5.41) is 3.41. The van der Waals surface area contributed by atoms with E-state index in [0.29, 0.717) is 5.92 Å². The molecule has 2 aliphatic rings. The number of ether oxygens (including phenoxy) is 1. The summed E-state index contributed by atoms with van der Waals surface area (Å²) in [6.07, 6.45) is 1.18. The Labute approximate surface area is 179 Å². The number of hydrogen-bond acceptors (Lipinski definition) is 3. The van der Waals surface area contributed by atoms with Crippen LogP contribution in [-0.2, 0) is 9.53 Å². The van der Waals surface area contributed by atoms with Gasteiger partial charge in [0.2, 0.25) is 5.91 Å². The van der Waals surface area contributed by atoms with Gasteiger partial charge >= 0.3 is 0 Å². The van der Waals surface area contributed by atoms with Crippen LogP contribution in [0.2, 0.25) is 0 Å². The summed E-state index contributed by atoms with van der Waals surface area (Å²) < 4.78 is 5.98. The lowest BCUT2D eigenvalue weighted by Crippen LogP contribution is -2.53. The molecule has 2 heterocycles. The molecule has 2 fully saturated rings. The molecule has 7 heteroatoms. The quantitative estimate of drug-likeness (QED) is 0.404. The third-order valence-electron chi connectivity index (χ3n) is 5.18. The normalized spacial score (nSPS) is 23.1. The van der Waals surface area contributed by atoms with Crippen LogP contribution in [0.4, 0.5) is 0 Å². The van der Waals surface area contributed by atoms with E-state index in [1.165, 1.54) is 5.56 Å². The van der Waals surface area contributed by atoms with E-state index in [0.717, 1.165) is 58.3 Å². The Hall–Kier alpha value is -1.35. The van der Waals surface area contributed by atoms with Crippen molar-refractivity contribution in [1.29, 1.82) is 0 Å². The molecule has 27 heavy (non-hydrogen) atoms. The molecular formula is C20H31IN4O2. The molecule has 1 aromatic carbocycles. The average molecular weight is 486 g/mol. The molecule has 3 rings (SSSR count). The van der Waals surface area contributed by atoms with Gasteiger partial charge in [0, 0.05) is 58.7 Å². The van der Waals surface area contributed by atoms with E-state index < -0.39 is 0 Å². The smallest absolute Gasteiger partial charge is 0.219 e. The zero-order chi connectivity index (χ0) is 18.4. The lowest BCUT2D eigenvalue weighted by molar-refractivity contribution is -0.130. The van der Waals surface area contributed by atoms with E-state index in [4.69, 9.17) is 9.73 Å². The molecule has 2 saturated heterocycles. The number of benzene rings is 1. The molecule has 1 aromatic rings. The minimum absolute atomic E-state index is 0. The second-order valence-electron chi connectivity index (χ2n) is 6.94. The summed E-state index contributed by atoms with van der Waals surface area (Å²) in [7, 11) is 0. The third-order valence-corrected chi connectivity index (χ3v) is 5.18. The number of amides is 1. The van der Waals surface area contributed by atoms with E-state index >= 15 is 0 Å². The topological polar surface area (TPSA) is 57.2 Å². The zero-order valence-electron chi connectivity index (χ0n) is 16.3. The minimum Gasteiger partial charge on any atom is -0.373 e. The van der Waals surface area contributed by atoms with Crippen LogP contribution in [0.3, 0.4) is 0 Å². The number of nitrogens with one attached hydrogen (secondary N) is 1. The maximum absolute atomic E-state index is 11.5. The van der Waals surface area contributed by atoms with Crippen molar-refractivity contribution in [3.05, 3.63) is 35.9 Å². The van der Waals surface area contributed by atoms with Gasteiger partial charge in [0.05, 0.1) is 6.10 Å². The maximum atomic E-state index is 11.5. The number of carbonyl (C=O) groups is 1. The van der Waals surface area contributed by atoms with Gasteiger partial charge in [-0.15, -0.1) is 24.0 Å². The SMILES string of the molecule is CCNC(=NCC1CCOC1c1ccccc1)N1CCN(C(C)=O)CC1.I. The number of piperazine rings is 1. The van der Waals surface area contributed by atoms with Crippen LogP contribution in [0.25, 0.3) is 0 Å². The zero-order valence-corrected chi connectivity index (χ0v) is 18.6. The number of carbonyl (C=O) groups excluding carboxylic acids is 1. The van der Waals surface area contributed by atoms with E-state index in [2.05, 4.69) is 41.4 Å². The van der Waals surface area contributed by atoms with E-state index in [-0.39, 0.29) is 36.0 Å². The van der Waals surface area contributed by atoms with Crippen molar-refractivity contribution in [2.45, 2.75) is 26.4 Å². The molecule has 0 saturated carbocycles. The highest BCUT2D eigenvalue weighted by atomic mass is 127. The number of halogens is 1. The van der Waals surface area contributed by atoms with Gasteiger partial charge in [0.15, 0.2) is 5.96 Å². The van der Waals surface area contributed by atoms with Gasteiger partial charge in [-0.05, 0) is 18.9 Å². The second kappa shape index (κ2) is 10.8. The molecule has 2 unspecified atom stereocenters. The van der Waals surface area contributed by atoms with E-state index in [1.54, 1.807) is 6.92 Å². The van der Waals surface area contributed by atoms with Crippen molar-refractivity contribution >= 4 is 35.8 Å². The van der Waals surface area contributed by atoms with Crippen molar-refractivity contribution in [2.24, 2.45) is 10.9 Å². The van der Waals surface area contributed by atoms with Crippen molar-refractivity contribution < 1.29 is 9.53 Å². The highest BCUT2D eigenvalue weighted by Gasteiger charge is 2.30. The molecular weight excluding hydrogens is 455 g/mol. The van der Waals surface area contributed by atoms with Crippen molar-refractivity contribution in [1.82, 2.24) is 15.1 Å². The summed E-state index contributed by atoms with van der Waals surface area (Å²) in [6.45, 7) is 9.31. The highest BCUT2D eigenvalue weighted by Crippen LogP contribution is 2.34. The average Bonchev–Trinajstić information content (AvgIpc) is 3.14. The first-order valence-electron chi connectivity index (χ1n) is 9.64. The Morgan fingerprint density at radius 3 is 2.48 bits per heavy atom. The Kier molecular flexibility index (Phi) is 8.82. The second-order valence-corrected chi connectivity index (χ2v) is 6.94. The van der Waals surface area contributed by atoms with Gasteiger partial charge in [0.1, 0.15) is 0 Å². The highest BCUT2D eigenvalue weighted by molar-refractivity contribution is 14.0. The lowest BCUT2D eigenvalue weighted by atomic mass is 9.95. The van der Waals surface area contributed by atoms with Crippen LogP contribution >= 0.6 is 24.0 Å². The van der Waals surface area contributed by atoms with Gasteiger partial charge in [-0.2, -0.15) is 0 Å². The molecule has 0 aromatic heterocycles. The minimum atomic E-state index is 0. The molecule has 0 spiro atoms. The van der Waals surface area contributed by atoms with Crippen LogP contribution in [0.1, 0.15) is 31.9 Å². The standard InChI is InChI=1S/C20H30N4O2.HI/c1-3-21-20(24-12-10-23(11-13-24)16(2)25)22-15-18-9-14-26-19(18)17-7-5-4-6-8-17;/h4-8,18-19H,3,9-15H2,1-2H3,(H,21,22);1H. The first-order chi connectivity index (χ1) is 12.7. The fourth-order valence-corrected chi connectivity index (χ4v) is 3.69. The third kappa shape index (κ3) is 5.81. The Morgan fingerprint density at radius 2 is 1.85 bits per heavy atom. The summed E-state index contributed by atoms with van der Waals surface area (Å²) in [6, 6.07) is 10.4. The molecule has 0 aliphatic carbocycles. The molecule has 0 radical (unpaired) electrons. The van der Waals surface area contributed by atoms with Gasteiger partial charge in [-0.25, -0.2) is 0 Å². The van der Waals surface area contributed by atoms with Crippen LogP contribution in [0.15, 0.2) is 35.3 Å².